The minimum atomic E-state index is 0.355. The van der Waals surface area contributed by atoms with Crippen molar-refractivity contribution < 1.29 is 4.79 Å². The number of likely N-dealkylation sites (tertiary alicyclic amines) is 1. The van der Waals surface area contributed by atoms with Crippen LogP contribution in [0.25, 0.3) is 0 Å². The number of amides is 1. The Labute approximate surface area is 93.2 Å². The Morgan fingerprint density at radius 2 is 2.00 bits per heavy atom. The van der Waals surface area contributed by atoms with Crippen LogP contribution in [0.5, 0.6) is 0 Å². The fourth-order valence-electron chi connectivity index (χ4n) is 1.97. The molecular weight excluding hydrogens is 188 g/mol. The molecular formula is C12H24N2O. The second-order valence-electron chi connectivity index (χ2n) is 4.30. The molecule has 1 aliphatic rings. The molecule has 1 N–H and O–H groups in total. The molecule has 1 aliphatic heterocycles. The highest BCUT2D eigenvalue weighted by atomic mass is 16.2. The second-order valence-corrected chi connectivity index (χ2v) is 4.30. The molecule has 15 heavy (non-hydrogen) atoms. The SMILES string of the molecule is CCCNCCN1CCCCCCC1=O. The Kier molecular flexibility index (Phi) is 6.41. The Morgan fingerprint density at radius 1 is 1.20 bits per heavy atom. The third-order valence-corrected chi connectivity index (χ3v) is 2.91. The van der Waals surface area contributed by atoms with Gasteiger partial charge in [0.15, 0.2) is 0 Å². The van der Waals surface area contributed by atoms with Crippen LogP contribution in [0.15, 0.2) is 0 Å². The predicted octanol–water partition coefficient (Wildman–Crippen LogP) is 1.78. The average Bonchev–Trinajstić information content (AvgIpc) is 2.22. The number of rotatable bonds is 5. The fourth-order valence-corrected chi connectivity index (χ4v) is 1.97. The number of carbonyl (C=O) groups is 1. The first kappa shape index (κ1) is 12.5. The van der Waals surface area contributed by atoms with Gasteiger partial charge in [-0.1, -0.05) is 19.8 Å². The van der Waals surface area contributed by atoms with Crippen LogP contribution in [0, 0.1) is 0 Å². The molecule has 0 aromatic heterocycles. The highest BCUT2D eigenvalue weighted by Crippen LogP contribution is 2.10. The molecule has 0 aromatic carbocycles. The highest BCUT2D eigenvalue weighted by Gasteiger charge is 2.14. The van der Waals surface area contributed by atoms with Gasteiger partial charge in [0.25, 0.3) is 0 Å². The highest BCUT2D eigenvalue weighted by molar-refractivity contribution is 5.76. The summed E-state index contributed by atoms with van der Waals surface area (Å²) in [6, 6.07) is 0. The van der Waals surface area contributed by atoms with E-state index in [0.717, 1.165) is 45.4 Å². The van der Waals surface area contributed by atoms with Gasteiger partial charge in [0.05, 0.1) is 0 Å². The van der Waals surface area contributed by atoms with Crippen LogP contribution >= 0.6 is 0 Å². The number of hydrogen-bond donors (Lipinski definition) is 1. The molecule has 1 saturated heterocycles. The summed E-state index contributed by atoms with van der Waals surface area (Å²) in [5, 5.41) is 3.35. The number of nitrogens with one attached hydrogen (secondary N) is 1. The average molecular weight is 212 g/mol. The van der Waals surface area contributed by atoms with Crippen molar-refractivity contribution in [3.63, 3.8) is 0 Å². The molecule has 0 aliphatic carbocycles. The smallest absolute Gasteiger partial charge is 0.222 e. The Hall–Kier alpha value is -0.570. The maximum Gasteiger partial charge on any atom is 0.222 e. The van der Waals surface area contributed by atoms with Crippen molar-refractivity contribution >= 4 is 5.91 Å². The molecule has 1 fully saturated rings. The van der Waals surface area contributed by atoms with E-state index in [4.69, 9.17) is 0 Å². The van der Waals surface area contributed by atoms with Crippen molar-refractivity contribution in [3.05, 3.63) is 0 Å². The molecule has 0 atom stereocenters. The topological polar surface area (TPSA) is 32.3 Å². The normalized spacial score (nSPS) is 18.7. The third kappa shape index (κ3) is 5.17. The molecule has 0 aromatic rings. The second kappa shape index (κ2) is 7.69. The summed E-state index contributed by atoms with van der Waals surface area (Å²) in [5.41, 5.74) is 0. The van der Waals surface area contributed by atoms with Crippen molar-refractivity contribution in [1.29, 1.82) is 0 Å². The van der Waals surface area contributed by atoms with Crippen molar-refractivity contribution in [3.8, 4) is 0 Å². The molecule has 1 heterocycles. The van der Waals surface area contributed by atoms with E-state index in [9.17, 15) is 4.79 Å². The van der Waals surface area contributed by atoms with Crippen molar-refractivity contribution in [1.82, 2.24) is 10.2 Å². The lowest BCUT2D eigenvalue weighted by molar-refractivity contribution is -0.131. The van der Waals surface area contributed by atoms with Crippen LogP contribution < -0.4 is 5.32 Å². The van der Waals surface area contributed by atoms with Gasteiger partial charge >= 0.3 is 0 Å². The van der Waals surface area contributed by atoms with E-state index in [1.807, 2.05) is 4.90 Å². The lowest BCUT2D eigenvalue weighted by Gasteiger charge is -2.24. The summed E-state index contributed by atoms with van der Waals surface area (Å²) in [6.45, 7) is 6.02. The van der Waals surface area contributed by atoms with E-state index in [0.29, 0.717) is 5.91 Å². The van der Waals surface area contributed by atoms with Gasteiger partial charge < -0.3 is 10.2 Å². The summed E-state index contributed by atoms with van der Waals surface area (Å²) in [5.74, 6) is 0.355. The summed E-state index contributed by atoms with van der Waals surface area (Å²) in [4.78, 5) is 13.8. The fraction of sp³-hybridized carbons (Fsp3) is 0.917. The van der Waals surface area contributed by atoms with Crippen LogP contribution in [0.1, 0.15) is 45.4 Å². The zero-order valence-corrected chi connectivity index (χ0v) is 9.93. The minimum absolute atomic E-state index is 0.355. The van der Waals surface area contributed by atoms with E-state index >= 15 is 0 Å². The zero-order chi connectivity index (χ0) is 10.9. The van der Waals surface area contributed by atoms with E-state index in [1.54, 1.807) is 0 Å². The van der Waals surface area contributed by atoms with Gasteiger partial charge in [-0.2, -0.15) is 0 Å². The number of nitrogens with zero attached hydrogens (tertiary/aromatic N) is 1. The van der Waals surface area contributed by atoms with Gasteiger partial charge in [0.2, 0.25) is 5.91 Å². The first-order valence-electron chi connectivity index (χ1n) is 6.33. The van der Waals surface area contributed by atoms with Gasteiger partial charge in [-0.05, 0) is 25.8 Å². The first-order chi connectivity index (χ1) is 7.34. The Morgan fingerprint density at radius 3 is 2.80 bits per heavy atom. The lowest BCUT2D eigenvalue weighted by atomic mass is 10.1. The van der Waals surface area contributed by atoms with E-state index in [2.05, 4.69) is 12.2 Å². The zero-order valence-electron chi connectivity index (χ0n) is 9.93. The molecule has 0 saturated carbocycles. The Bertz CT molecular complexity index is 182. The molecule has 3 heteroatoms. The maximum absolute atomic E-state index is 11.7. The third-order valence-electron chi connectivity index (χ3n) is 2.91. The van der Waals surface area contributed by atoms with Gasteiger partial charge in [0, 0.05) is 26.1 Å². The van der Waals surface area contributed by atoms with E-state index in [-0.39, 0.29) is 0 Å². The molecule has 0 spiro atoms. The van der Waals surface area contributed by atoms with Crippen LogP contribution in [0.2, 0.25) is 0 Å². The summed E-state index contributed by atoms with van der Waals surface area (Å²) >= 11 is 0. The van der Waals surface area contributed by atoms with Crippen LogP contribution in [0.4, 0.5) is 0 Å². The Balaban J connectivity index is 2.20. The van der Waals surface area contributed by atoms with E-state index in [1.165, 1.54) is 19.3 Å². The molecule has 3 nitrogen and oxygen atoms in total. The molecule has 1 rings (SSSR count). The van der Waals surface area contributed by atoms with Crippen LogP contribution in [0.3, 0.4) is 0 Å². The van der Waals surface area contributed by atoms with Gasteiger partial charge in [-0.25, -0.2) is 0 Å². The van der Waals surface area contributed by atoms with Crippen molar-refractivity contribution in [2.24, 2.45) is 0 Å². The minimum Gasteiger partial charge on any atom is -0.341 e. The molecule has 0 unspecified atom stereocenters. The monoisotopic (exact) mass is 212 g/mol. The van der Waals surface area contributed by atoms with Crippen LogP contribution in [-0.4, -0.2) is 37.0 Å². The first-order valence-corrected chi connectivity index (χ1v) is 6.33. The maximum atomic E-state index is 11.7. The summed E-state index contributed by atoms with van der Waals surface area (Å²) in [6.07, 6.45) is 6.69. The lowest BCUT2D eigenvalue weighted by Crippen LogP contribution is -2.38. The van der Waals surface area contributed by atoms with Gasteiger partial charge in [-0.15, -0.1) is 0 Å². The van der Waals surface area contributed by atoms with Crippen molar-refractivity contribution in [2.75, 3.05) is 26.2 Å². The van der Waals surface area contributed by atoms with Crippen LogP contribution in [-0.2, 0) is 4.79 Å². The van der Waals surface area contributed by atoms with E-state index < -0.39 is 0 Å². The number of hydrogen-bond acceptors (Lipinski definition) is 2. The largest absolute Gasteiger partial charge is 0.341 e. The summed E-state index contributed by atoms with van der Waals surface area (Å²) < 4.78 is 0. The standard InChI is InChI=1S/C12H24N2O/c1-2-8-13-9-11-14-10-6-4-3-5-7-12(14)15/h13H,2-11H2,1H3. The quantitative estimate of drug-likeness (QED) is 0.705. The summed E-state index contributed by atoms with van der Waals surface area (Å²) in [7, 11) is 0. The van der Waals surface area contributed by atoms with Crippen molar-refractivity contribution in [2.45, 2.75) is 45.4 Å². The number of carbonyl (C=O) groups excluding carboxylic acids is 1. The molecule has 0 radical (unpaired) electrons. The van der Waals surface area contributed by atoms with Gasteiger partial charge in [0.1, 0.15) is 0 Å². The molecule has 1 amide bonds. The van der Waals surface area contributed by atoms with Gasteiger partial charge in [-0.3, -0.25) is 4.79 Å². The molecule has 88 valence electrons. The molecule has 0 bridgehead atoms. The predicted molar refractivity (Wildman–Crippen MR) is 62.8 cm³/mol.